The minimum Gasteiger partial charge on any atom is -0.394 e. The van der Waals surface area contributed by atoms with E-state index in [1.54, 1.807) is 7.11 Å². The first-order valence-corrected chi connectivity index (χ1v) is 9.67. The standard InChI is InChI=1S/C6H14O4.C6H16OSi/c7-1-3-9-5-6-10-4-2-8;1-7-5-4-6-8(2)3/h7-8H,1-6H2;8H,4-6H2,1-3H3. The number of ether oxygens (including phenoxy) is 3. The zero-order valence-corrected chi connectivity index (χ0v) is 13.2. The number of methoxy groups -OCH3 is 1. The first kappa shape index (κ1) is 20.3. The molecule has 0 saturated carbocycles. The molecule has 0 aliphatic carbocycles. The van der Waals surface area contributed by atoms with Gasteiger partial charge in [-0.2, -0.15) is 0 Å². The number of hydrogen-bond donors (Lipinski definition) is 2. The molecule has 0 heterocycles. The molecule has 0 bridgehead atoms. The van der Waals surface area contributed by atoms with Crippen LogP contribution in [0.3, 0.4) is 0 Å². The van der Waals surface area contributed by atoms with Crippen LogP contribution in [0.4, 0.5) is 0 Å². The molecule has 5 nitrogen and oxygen atoms in total. The lowest BCUT2D eigenvalue weighted by Crippen LogP contribution is -2.09. The molecule has 0 aromatic rings. The molecule has 0 radical (unpaired) electrons. The summed E-state index contributed by atoms with van der Waals surface area (Å²) in [6.07, 6.45) is 1.26. The predicted octanol–water partition coefficient (Wildman–Crippen LogP) is 0.514. The minimum absolute atomic E-state index is 0.0417. The lowest BCUT2D eigenvalue weighted by atomic mass is 10.5. The molecule has 0 aromatic heterocycles. The predicted molar refractivity (Wildman–Crippen MR) is 76.0 cm³/mol. The molecule has 0 aliphatic rings. The highest BCUT2D eigenvalue weighted by Gasteiger charge is 1.92. The second-order valence-electron chi connectivity index (χ2n) is 4.20. The van der Waals surface area contributed by atoms with Gasteiger partial charge in [-0.15, -0.1) is 0 Å². The minimum atomic E-state index is -0.282. The van der Waals surface area contributed by atoms with E-state index in [0.717, 1.165) is 6.61 Å². The summed E-state index contributed by atoms with van der Waals surface area (Å²) in [5, 5.41) is 16.5. The molecule has 112 valence electrons. The molecule has 0 aliphatic heterocycles. The zero-order chi connectivity index (χ0) is 14.1. The zero-order valence-electron chi connectivity index (χ0n) is 12.1. The highest BCUT2D eigenvalue weighted by molar-refractivity contribution is 6.55. The van der Waals surface area contributed by atoms with Crippen molar-refractivity contribution in [2.45, 2.75) is 25.6 Å². The van der Waals surface area contributed by atoms with Crippen molar-refractivity contribution in [2.75, 3.05) is 53.4 Å². The largest absolute Gasteiger partial charge is 0.394 e. The van der Waals surface area contributed by atoms with Gasteiger partial charge in [-0.3, -0.25) is 0 Å². The summed E-state index contributed by atoms with van der Waals surface area (Å²) in [4.78, 5) is 0. The van der Waals surface area contributed by atoms with Crippen molar-refractivity contribution in [3.63, 3.8) is 0 Å². The van der Waals surface area contributed by atoms with E-state index in [1.807, 2.05) is 0 Å². The van der Waals surface area contributed by atoms with E-state index >= 15 is 0 Å². The van der Waals surface area contributed by atoms with Crippen LogP contribution in [0.1, 0.15) is 6.42 Å². The monoisotopic (exact) mass is 282 g/mol. The molecular formula is C12H30O5Si. The van der Waals surface area contributed by atoms with Crippen molar-refractivity contribution < 1.29 is 24.4 Å². The van der Waals surface area contributed by atoms with Crippen LogP contribution in [-0.2, 0) is 14.2 Å². The van der Waals surface area contributed by atoms with Crippen molar-refractivity contribution in [1.82, 2.24) is 0 Å². The van der Waals surface area contributed by atoms with Crippen LogP contribution in [0.25, 0.3) is 0 Å². The Kier molecular flexibility index (Phi) is 21.9. The van der Waals surface area contributed by atoms with Crippen LogP contribution in [-0.4, -0.2) is 72.4 Å². The maximum absolute atomic E-state index is 8.26. The molecule has 0 unspecified atom stereocenters. The number of aliphatic hydroxyl groups excluding tert-OH is 2. The molecule has 0 spiro atoms. The van der Waals surface area contributed by atoms with E-state index in [0.29, 0.717) is 26.4 Å². The lowest BCUT2D eigenvalue weighted by Gasteiger charge is -2.01. The SMILES string of the molecule is COCCC[SiH](C)C.OCCOCCOCCO. The summed E-state index contributed by atoms with van der Waals surface area (Å²) in [7, 11) is 1.48. The highest BCUT2D eigenvalue weighted by Crippen LogP contribution is 1.95. The maximum Gasteiger partial charge on any atom is 0.0701 e. The third-order valence-electron chi connectivity index (χ3n) is 1.97. The van der Waals surface area contributed by atoms with Gasteiger partial charge in [0.15, 0.2) is 0 Å². The molecule has 0 fully saturated rings. The van der Waals surface area contributed by atoms with E-state index < -0.39 is 0 Å². The molecule has 6 heteroatoms. The van der Waals surface area contributed by atoms with Gasteiger partial charge in [0.1, 0.15) is 0 Å². The van der Waals surface area contributed by atoms with Crippen molar-refractivity contribution >= 4 is 8.80 Å². The number of hydrogen-bond acceptors (Lipinski definition) is 5. The van der Waals surface area contributed by atoms with Gasteiger partial charge in [0.05, 0.1) is 39.6 Å². The molecule has 0 amide bonds. The summed E-state index contributed by atoms with van der Waals surface area (Å²) < 4.78 is 14.7. The molecule has 0 saturated heterocycles. The van der Waals surface area contributed by atoms with Crippen LogP contribution in [0.2, 0.25) is 19.1 Å². The second kappa shape index (κ2) is 19.4. The Hall–Kier alpha value is 0.0169. The third-order valence-corrected chi connectivity index (χ3v) is 3.54. The highest BCUT2D eigenvalue weighted by atomic mass is 28.3. The van der Waals surface area contributed by atoms with Gasteiger partial charge < -0.3 is 24.4 Å². The molecule has 2 N–H and O–H groups in total. The average molecular weight is 282 g/mol. The number of aliphatic hydroxyl groups is 2. The number of rotatable bonds is 11. The fourth-order valence-electron chi connectivity index (χ4n) is 1.09. The average Bonchev–Trinajstić information content (AvgIpc) is 2.34. The molecular weight excluding hydrogens is 252 g/mol. The Morgan fingerprint density at radius 2 is 1.33 bits per heavy atom. The fraction of sp³-hybridized carbons (Fsp3) is 1.00. The van der Waals surface area contributed by atoms with E-state index in [4.69, 9.17) is 24.4 Å². The first-order chi connectivity index (χ1) is 8.68. The first-order valence-electron chi connectivity index (χ1n) is 6.55. The van der Waals surface area contributed by atoms with Gasteiger partial charge in [-0.1, -0.05) is 19.1 Å². The van der Waals surface area contributed by atoms with Crippen LogP contribution >= 0.6 is 0 Å². The van der Waals surface area contributed by atoms with E-state index in [-0.39, 0.29) is 22.0 Å². The van der Waals surface area contributed by atoms with Gasteiger partial charge in [0, 0.05) is 22.5 Å². The lowest BCUT2D eigenvalue weighted by molar-refractivity contribution is 0.0222. The Bertz CT molecular complexity index is 128. The fourth-order valence-corrected chi connectivity index (χ4v) is 2.07. The van der Waals surface area contributed by atoms with Gasteiger partial charge in [0.2, 0.25) is 0 Å². The van der Waals surface area contributed by atoms with Gasteiger partial charge in [-0.25, -0.2) is 0 Å². The van der Waals surface area contributed by atoms with Crippen molar-refractivity contribution in [2.24, 2.45) is 0 Å². The van der Waals surface area contributed by atoms with E-state index in [1.165, 1.54) is 12.5 Å². The van der Waals surface area contributed by atoms with Crippen molar-refractivity contribution in [1.29, 1.82) is 0 Å². The quantitative estimate of drug-likeness (QED) is 0.427. The Morgan fingerprint density at radius 1 is 0.833 bits per heavy atom. The molecule has 0 atom stereocenters. The van der Waals surface area contributed by atoms with E-state index in [2.05, 4.69) is 13.1 Å². The molecule has 0 rings (SSSR count). The van der Waals surface area contributed by atoms with Gasteiger partial charge in [0.25, 0.3) is 0 Å². The smallest absolute Gasteiger partial charge is 0.0701 e. The Labute approximate surface area is 113 Å². The summed E-state index contributed by atoms with van der Waals surface area (Å²) >= 11 is 0. The molecule has 18 heavy (non-hydrogen) atoms. The van der Waals surface area contributed by atoms with Gasteiger partial charge in [-0.05, 0) is 6.42 Å². The van der Waals surface area contributed by atoms with Gasteiger partial charge >= 0.3 is 0 Å². The molecule has 0 aromatic carbocycles. The maximum atomic E-state index is 8.26. The van der Waals surface area contributed by atoms with Crippen LogP contribution in [0.5, 0.6) is 0 Å². The van der Waals surface area contributed by atoms with Crippen LogP contribution in [0, 0.1) is 0 Å². The van der Waals surface area contributed by atoms with Crippen molar-refractivity contribution in [3.05, 3.63) is 0 Å². The van der Waals surface area contributed by atoms with Crippen LogP contribution < -0.4 is 0 Å². The summed E-state index contributed by atoms with van der Waals surface area (Å²) in [5.41, 5.74) is 0. The van der Waals surface area contributed by atoms with E-state index in [9.17, 15) is 0 Å². The summed E-state index contributed by atoms with van der Waals surface area (Å²) in [5.74, 6) is 0. The Morgan fingerprint density at radius 3 is 1.67 bits per heavy atom. The van der Waals surface area contributed by atoms with Crippen molar-refractivity contribution in [3.8, 4) is 0 Å². The summed E-state index contributed by atoms with van der Waals surface area (Å²) in [6.45, 7) is 7.42. The Balaban J connectivity index is 0. The second-order valence-corrected chi connectivity index (χ2v) is 7.57. The van der Waals surface area contributed by atoms with Crippen LogP contribution in [0.15, 0.2) is 0 Å². The topological polar surface area (TPSA) is 68.2 Å². The summed E-state index contributed by atoms with van der Waals surface area (Å²) in [6, 6.07) is 1.42. The third kappa shape index (κ3) is 25.0. The normalized spacial score (nSPS) is 10.3.